The number of ether oxygens (including phenoxy) is 1. The number of hydrogen-bond acceptors (Lipinski definition) is 3. The summed E-state index contributed by atoms with van der Waals surface area (Å²) < 4.78 is 5.19. The minimum absolute atomic E-state index is 0.166. The molecule has 1 amide bonds. The smallest absolute Gasteiger partial charge is 0.255 e. The minimum Gasteiger partial charge on any atom is -0.496 e. The highest BCUT2D eigenvalue weighted by Gasteiger charge is 2.12. The van der Waals surface area contributed by atoms with Gasteiger partial charge in [0.1, 0.15) is 5.75 Å². The van der Waals surface area contributed by atoms with Crippen molar-refractivity contribution in [1.82, 2.24) is 5.32 Å². The van der Waals surface area contributed by atoms with Crippen LogP contribution in [0.2, 0.25) is 5.02 Å². The first-order valence-electron chi connectivity index (χ1n) is 7.35. The maximum atomic E-state index is 12.2. The summed E-state index contributed by atoms with van der Waals surface area (Å²) in [5.74, 6) is 2.15. The number of hydrogen-bond donors (Lipinski definition) is 1. The maximum absolute atomic E-state index is 12.2. The molecule has 0 bridgehead atoms. The number of nitrogens with one attached hydrogen (secondary N) is 1. The monoisotopic (exact) mass is 349 g/mol. The molecule has 0 aromatic heterocycles. The summed E-state index contributed by atoms with van der Waals surface area (Å²) in [6.07, 6.45) is 0. The lowest BCUT2D eigenvalue weighted by Crippen LogP contribution is -2.26. The Balaban J connectivity index is 1.78. The molecule has 0 heterocycles. The topological polar surface area (TPSA) is 38.3 Å². The van der Waals surface area contributed by atoms with Crippen molar-refractivity contribution in [2.45, 2.75) is 12.7 Å². The molecule has 5 heteroatoms. The molecule has 2 aromatic rings. The molecule has 0 radical (unpaired) electrons. The van der Waals surface area contributed by atoms with E-state index >= 15 is 0 Å². The van der Waals surface area contributed by atoms with Gasteiger partial charge in [0.25, 0.3) is 5.91 Å². The number of amides is 1. The molecule has 0 unspecified atom stereocenters. The molecule has 0 saturated heterocycles. The summed E-state index contributed by atoms with van der Waals surface area (Å²) in [5.41, 5.74) is 3.03. The summed E-state index contributed by atoms with van der Waals surface area (Å²) >= 11 is 7.74. The Bertz CT molecular complexity index is 676. The zero-order chi connectivity index (χ0) is 16.7. The van der Waals surface area contributed by atoms with Crippen molar-refractivity contribution in [1.29, 1.82) is 0 Å². The molecule has 2 aromatic carbocycles. The summed E-state index contributed by atoms with van der Waals surface area (Å²) in [7, 11) is 1.54. The molecular weight excluding hydrogens is 330 g/mol. The fourth-order valence-electron chi connectivity index (χ4n) is 2.18. The van der Waals surface area contributed by atoms with Gasteiger partial charge in [-0.1, -0.05) is 41.4 Å². The molecule has 0 aliphatic heterocycles. The van der Waals surface area contributed by atoms with Gasteiger partial charge in [0.15, 0.2) is 0 Å². The fourth-order valence-corrected chi connectivity index (χ4v) is 3.16. The first kappa shape index (κ1) is 17.7. The Morgan fingerprint density at radius 3 is 2.83 bits per heavy atom. The van der Waals surface area contributed by atoms with Crippen LogP contribution in [0.1, 0.15) is 21.5 Å². The van der Waals surface area contributed by atoms with Gasteiger partial charge < -0.3 is 10.1 Å². The Hall–Kier alpha value is -1.65. The zero-order valence-corrected chi connectivity index (χ0v) is 14.8. The Kier molecular flexibility index (Phi) is 6.81. The van der Waals surface area contributed by atoms with Gasteiger partial charge in [0.05, 0.1) is 12.7 Å². The molecule has 0 atom stereocenters. The van der Waals surface area contributed by atoms with E-state index < -0.39 is 0 Å². The third-order valence-corrected chi connectivity index (χ3v) is 4.55. The number of thioether (sulfide) groups is 1. The minimum atomic E-state index is -0.166. The van der Waals surface area contributed by atoms with E-state index in [-0.39, 0.29) is 5.91 Å². The second-order valence-electron chi connectivity index (χ2n) is 5.14. The highest BCUT2D eigenvalue weighted by atomic mass is 35.5. The van der Waals surface area contributed by atoms with E-state index in [9.17, 15) is 4.79 Å². The molecule has 0 aliphatic rings. The van der Waals surface area contributed by atoms with Crippen molar-refractivity contribution in [3.63, 3.8) is 0 Å². The number of rotatable bonds is 7. The number of aryl methyl sites for hydroxylation is 1. The zero-order valence-electron chi connectivity index (χ0n) is 13.3. The van der Waals surface area contributed by atoms with Crippen molar-refractivity contribution in [3.05, 3.63) is 64.2 Å². The van der Waals surface area contributed by atoms with Gasteiger partial charge in [-0.05, 0) is 30.7 Å². The summed E-state index contributed by atoms with van der Waals surface area (Å²) in [4.78, 5) is 12.2. The van der Waals surface area contributed by atoms with E-state index in [1.54, 1.807) is 30.0 Å². The predicted molar refractivity (Wildman–Crippen MR) is 97.7 cm³/mol. The first-order valence-corrected chi connectivity index (χ1v) is 8.88. The quantitative estimate of drug-likeness (QED) is 0.756. The molecule has 23 heavy (non-hydrogen) atoms. The number of benzene rings is 2. The van der Waals surface area contributed by atoms with E-state index in [1.807, 2.05) is 0 Å². The van der Waals surface area contributed by atoms with E-state index in [2.05, 4.69) is 36.5 Å². The largest absolute Gasteiger partial charge is 0.496 e. The molecule has 0 spiro atoms. The van der Waals surface area contributed by atoms with Gasteiger partial charge in [0.2, 0.25) is 0 Å². The Morgan fingerprint density at radius 2 is 2.09 bits per heavy atom. The lowest BCUT2D eigenvalue weighted by molar-refractivity contribution is 0.0953. The maximum Gasteiger partial charge on any atom is 0.255 e. The average molecular weight is 350 g/mol. The molecule has 1 N–H and O–H groups in total. The van der Waals surface area contributed by atoms with E-state index in [0.717, 1.165) is 11.5 Å². The van der Waals surface area contributed by atoms with Crippen molar-refractivity contribution >= 4 is 29.3 Å². The first-order chi connectivity index (χ1) is 11.1. The van der Waals surface area contributed by atoms with Crippen LogP contribution in [-0.2, 0) is 5.75 Å². The molecule has 0 aliphatic carbocycles. The molecule has 3 nitrogen and oxygen atoms in total. The summed E-state index contributed by atoms with van der Waals surface area (Å²) in [6.45, 7) is 2.69. The van der Waals surface area contributed by atoms with Crippen molar-refractivity contribution in [3.8, 4) is 5.75 Å². The van der Waals surface area contributed by atoms with Gasteiger partial charge in [-0.15, -0.1) is 0 Å². The highest BCUT2D eigenvalue weighted by molar-refractivity contribution is 7.98. The van der Waals surface area contributed by atoms with Gasteiger partial charge >= 0.3 is 0 Å². The van der Waals surface area contributed by atoms with Gasteiger partial charge in [0, 0.05) is 23.1 Å². The third-order valence-electron chi connectivity index (χ3n) is 3.29. The van der Waals surface area contributed by atoms with Crippen molar-refractivity contribution < 1.29 is 9.53 Å². The number of carbonyl (C=O) groups excluding carboxylic acids is 1. The van der Waals surface area contributed by atoms with Crippen LogP contribution >= 0.6 is 23.4 Å². The van der Waals surface area contributed by atoms with Crippen LogP contribution in [-0.4, -0.2) is 25.3 Å². The van der Waals surface area contributed by atoms with E-state index in [1.165, 1.54) is 18.2 Å². The lowest BCUT2D eigenvalue weighted by atomic mass is 10.2. The molecule has 2 rings (SSSR count). The third kappa shape index (κ3) is 5.48. The predicted octanol–water partition coefficient (Wildman–Crippen LogP) is 4.32. The molecule has 0 saturated carbocycles. The van der Waals surface area contributed by atoms with Crippen molar-refractivity contribution in [2.24, 2.45) is 0 Å². The average Bonchev–Trinajstić information content (AvgIpc) is 2.54. The lowest BCUT2D eigenvalue weighted by Gasteiger charge is -2.09. The SMILES string of the molecule is COc1ccc(Cl)cc1C(=O)NCCSCc1cccc(C)c1. The second-order valence-corrected chi connectivity index (χ2v) is 6.68. The Morgan fingerprint density at radius 1 is 1.26 bits per heavy atom. The normalized spacial score (nSPS) is 10.4. The van der Waals surface area contributed by atoms with Crippen LogP contribution in [0.4, 0.5) is 0 Å². The van der Waals surface area contributed by atoms with Gasteiger partial charge in [-0.25, -0.2) is 0 Å². The number of methoxy groups -OCH3 is 1. The van der Waals surface area contributed by atoms with Gasteiger partial charge in [-0.3, -0.25) is 4.79 Å². The number of halogens is 1. The number of carbonyl (C=O) groups is 1. The van der Waals surface area contributed by atoms with Gasteiger partial charge in [-0.2, -0.15) is 11.8 Å². The van der Waals surface area contributed by atoms with E-state index in [0.29, 0.717) is 22.9 Å². The summed E-state index contributed by atoms with van der Waals surface area (Å²) in [6, 6.07) is 13.5. The van der Waals surface area contributed by atoms with Crippen LogP contribution in [0.3, 0.4) is 0 Å². The van der Waals surface area contributed by atoms with Crippen LogP contribution < -0.4 is 10.1 Å². The molecule has 122 valence electrons. The van der Waals surface area contributed by atoms with Crippen LogP contribution in [0, 0.1) is 6.92 Å². The van der Waals surface area contributed by atoms with Crippen LogP contribution in [0.5, 0.6) is 5.75 Å². The standard InChI is InChI=1S/C18H20ClNO2S/c1-13-4-3-5-14(10-13)12-23-9-8-20-18(21)16-11-15(19)6-7-17(16)22-2/h3-7,10-11H,8-9,12H2,1-2H3,(H,20,21). The second kappa shape index (κ2) is 8.85. The van der Waals surface area contributed by atoms with Crippen molar-refractivity contribution in [2.75, 3.05) is 19.4 Å². The fraction of sp³-hybridized carbons (Fsp3) is 0.278. The Labute approximate surface area is 146 Å². The van der Waals surface area contributed by atoms with E-state index in [4.69, 9.17) is 16.3 Å². The van der Waals surface area contributed by atoms with Crippen LogP contribution in [0.25, 0.3) is 0 Å². The highest BCUT2D eigenvalue weighted by Crippen LogP contribution is 2.22. The molecule has 0 fully saturated rings. The van der Waals surface area contributed by atoms with Crippen LogP contribution in [0.15, 0.2) is 42.5 Å². The molecular formula is C18H20ClNO2S. The summed E-state index contributed by atoms with van der Waals surface area (Å²) in [5, 5.41) is 3.42.